The lowest BCUT2D eigenvalue weighted by atomic mass is 9.83. The van der Waals surface area contributed by atoms with Gasteiger partial charge in [-0.1, -0.05) is 230 Å². The molecule has 0 aliphatic heterocycles. The molecule has 0 atom stereocenters. The predicted octanol–water partition coefficient (Wildman–Crippen LogP) is 19.4. The predicted molar refractivity (Wildman–Crippen MR) is 303 cm³/mol. The number of benzene rings is 12. The molecule has 12 aromatic carbocycles. The van der Waals surface area contributed by atoms with Crippen LogP contribution in [-0.2, 0) is 0 Å². The second-order valence-electron chi connectivity index (χ2n) is 19.0. The third kappa shape index (κ3) is 7.60. The minimum absolute atomic E-state index is 1.17. The first-order chi connectivity index (χ1) is 35.0. The van der Waals surface area contributed by atoms with E-state index in [4.69, 9.17) is 0 Å². The van der Waals surface area contributed by atoms with Gasteiger partial charge in [0, 0.05) is 16.5 Å². The van der Waals surface area contributed by atoms with E-state index in [2.05, 4.69) is 279 Å². The van der Waals surface area contributed by atoms with Crippen LogP contribution in [0.3, 0.4) is 0 Å². The zero-order valence-electron chi connectivity index (χ0n) is 39.8. The van der Waals surface area contributed by atoms with Crippen LogP contribution >= 0.6 is 0 Å². The fourth-order valence-electron chi connectivity index (χ4n) is 11.0. The Hall–Kier alpha value is -9.04. The van der Waals surface area contributed by atoms with Gasteiger partial charge in [-0.3, -0.25) is 0 Å². The second-order valence-corrected chi connectivity index (χ2v) is 19.0. The van der Waals surface area contributed by atoms with Gasteiger partial charge < -0.3 is 4.57 Å². The third-order valence-electron chi connectivity index (χ3n) is 14.5. The average Bonchev–Trinajstić information content (AvgIpc) is 3.76. The highest BCUT2D eigenvalue weighted by Gasteiger charge is 2.20. The van der Waals surface area contributed by atoms with Crippen molar-refractivity contribution in [3.63, 3.8) is 0 Å². The molecule has 13 rings (SSSR count). The van der Waals surface area contributed by atoms with E-state index in [1.165, 1.54) is 138 Å². The monoisotopic (exact) mass is 903 g/mol. The Morgan fingerprint density at radius 1 is 0.211 bits per heavy atom. The summed E-state index contributed by atoms with van der Waals surface area (Å²) in [6, 6.07) is 96.4. The third-order valence-corrected chi connectivity index (χ3v) is 14.5. The summed E-state index contributed by atoms with van der Waals surface area (Å²) in [6.45, 7) is 4.35. The SMILES string of the molecule is Cc1cccc(-c2ccc3c(-c4ccc(-c5ccc(-c6ccc7c(c6)c6ccccc6n7-c6ccccc6)cc5)cc4)c4cc(-c5cccc(C)c5)ccc4c(-c4ccc(-c5ccccc5)cc4)c3c2)c1. The molecule has 0 fully saturated rings. The van der Waals surface area contributed by atoms with Crippen LogP contribution in [0.5, 0.6) is 0 Å². The summed E-state index contributed by atoms with van der Waals surface area (Å²) < 4.78 is 2.37. The first-order valence-corrected chi connectivity index (χ1v) is 24.6. The second kappa shape index (κ2) is 17.5. The van der Waals surface area contributed by atoms with E-state index >= 15 is 0 Å². The zero-order valence-corrected chi connectivity index (χ0v) is 39.8. The molecule has 13 aromatic rings. The fraction of sp³-hybridized carbons (Fsp3) is 0.0286. The Labute approximate surface area is 415 Å². The highest BCUT2D eigenvalue weighted by Crippen LogP contribution is 2.47. The molecule has 0 unspecified atom stereocenters. The maximum Gasteiger partial charge on any atom is 0.0541 e. The fourth-order valence-corrected chi connectivity index (χ4v) is 11.0. The first-order valence-electron chi connectivity index (χ1n) is 24.6. The van der Waals surface area contributed by atoms with Crippen LogP contribution < -0.4 is 0 Å². The minimum atomic E-state index is 1.17. The molecule has 0 bridgehead atoms. The summed E-state index contributed by atoms with van der Waals surface area (Å²) in [4.78, 5) is 0. The number of nitrogens with zero attached hydrogens (tertiary/aromatic N) is 1. The first kappa shape index (κ1) is 42.1. The van der Waals surface area contributed by atoms with Gasteiger partial charge in [0.25, 0.3) is 0 Å². The average molecular weight is 904 g/mol. The van der Waals surface area contributed by atoms with E-state index in [0.29, 0.717) is 0 Å². The van der Waals surface area contributed by atoms with Crippen LogP contribution in [0, 0.1) is 13.8 Å². The van der Waals surface area contributed by atoms with Gasteiger partial charge in [-0.25, -0.2) is 0 Å². The van der Waals surface area contributed by atoms with Crippen molar-refractivity contribution in [3.8, 4) is 83.6 Å². The number of hydrogen-bond donors (Lipinski definition) is 0. The van der Waals surface area contributed by atoms with Crippen LogP contribution in [0.1, 0.15) is 11.1 Å². The van der Waals surface area contributed by atoms with Crippen molar-refractivity contribution in [1.29, 1.82) is 0 Å². The molecular weight excluding hydrogens is 855 g/mol. The Morgan fingerprint density at radius 3 is 1.08 bits per heavy atom. The Morgan fingerprint density at radius 2 is 0.563 bits per heavy atom. The van der Waals surface area contributed by atoms with Gasteiger partial charge in [-0.15, -0.1) is 0 Å². The number of aromatic nitrogens is 1. The molecular formula is C70H49N. The van der Waals surface area contributed by atoms with Crippen LogP contribution in [-0.4, -0.2) is 4.57 Å². The highest BCUT2D eigenvalue weighted by molar-refractivity contribution is 6.22. The summed E-state index contributed by atoms with van der Waals surface area (Å²) in [6.07, 6.45) is 0. The minimum Gasteiger partial charge on any atom is -0.309 e. The molecule has 0 aliphatic rings. The molecule has 0 saturated carbocycles. The van der Waals surface area contributed by atoms with Crippen LogP contribution in [0.2, 0.25) is 0 Å². The molecule has 334 valence electrons. The molecule has 0 spiro atoms. The van der Waals surface area contributed by atoms with Crippen molar-refractivity contribution < 1.29 is 0 Å². The molecule has 0 saturated heterocycles. The largest absolute Gasteiger partial charge is 0.309 e. The number of hydrogen-bond acceptors (Lipinski definition) is 0. The molecule has 0 amide bonds. The van der Waals surface area contributed by atoms with Crippen LogP contribution in [0.4, 0.5) is 0 Å². The highest BCUT2D eigenvalue weighted by atomic mass is 15.0. The summed E-state index contributed by atoms with van der Waals surface area (Å²) >= 11 is 0. The molecule has 0 aliphatic carbocycles. The lowest BCUT2D eigenvalue weighted by molar-refractivity contribution is 1.18. The molecule has 1 heteroatoms. The number of aryl methyl sites for hydroxylation is 2. The van der Waals surface area contributed by atoms with Gasteiger partial charge >= 0.3 is 0 Å². The van der Waals surface area contributed by atoms with E-state index in [0.717, 1.165) is 0 Å². The maximum absolute atomic E-state index is 2.43. The van der Waals surface area contributed by atoms with Crippen molar-refractivity contribution >= 4 is 43.4 Å². The summed E-state index contributed by atoms with van der Waals surface area (Å²) in [5.74, 6) is 0. The summed E-state index contributed by atoms with van der Waals surface area (Å²) in [5.41, 5.74) is 23.1. The Kier molecular flexibility index (Phi) is 10.4. The van der Waals surface area contributed by atoms with Gasteiger partial charge in [0.1, 0.15) is 0 Å². The summed E-state index contributed by atoms with van der Waals surface area (Å²) in [7, 11) is 0. The number of para-hydroxylation sites is 2. The molecule has 1 heterocycles. The maximum atomic E-state index is 2.43. The lowest BCUT2D eigenvalue weighted by Gasteiger charge is -2.20. The molecule has 71 heavy (non-hydrogen) atoms. The quantitative estimate of drug-likeness (QED) is 0.134. The van der Waals surface area contributed by atoms with Gasteiger partial charge in [0.15, 0.2) is 0 Å². The van der Waals surface area contributed by atoms with Crippen molar-refractivity contribution in [2.24, 2.45) is 0 Å². The van der Waals surface area contributed by atoms with Crippen LogP contribution in [0.25, 0.3) is 127 Å². The van der Waals surface area contributed by atoms with E-state index in [1.807, 2.05) is 0 Å². The zero-order chi connectivity index (χ0) is 47.4. The smallest absolute Gasteiger partial charge is 0.0541 e. The Bertz CT molecular complexity index is 4120. The van der Waals surface area contributed by atoms with Crippen molar-refractivity contribution in [3.05, 3.63) is 272 Å². The normalized spacial score (nSPS) is 11.5. The van der Waals surface area contributed by atoms with E-state index < -0.39 is 0 Å². The van der Waals surface area contributed by atoms with Gasteiger partial charge in [0.05, 0.1) is 11.0 Å². The molecule has 1 aromatic heterocycles. The topological polar surface area (TPSA) is 4.93 Å². The standard InChI is InChI=1S/C70H49N/c1-46-13-11-17-55(41-46)58-36-39-63-65(44-58)69(53-31-27-49(28-32-53)48-15-5-3-6-16-48)62-38-35-59(56-18-12-14-47(2)42-56)45-66(62)70(63)54-33-29-51(30-34-54)50-23-25-52(26-24-50)57-37-40-68-64(43-57)61-21-9-10-22-67(61)71(68)60-19-7-4-8-20-60/h3-45H,1-2H3. The van der Waals surface area contributed by atoms with E-state index in [1.54, 1.807) is 0 Å². The number of fused-ring (bicyclic) bond motifs is 5. The van der Waals surface area contributed by atoms with E-state index in [-0.39, 0.29) is 0 Å². The van der Waals surface area contributed by atoms with Crippen LogP contribution in [0.15, 0.2) is 261 Å². The van der Waals surface area contributed by atoms with Crippen molar-refractivity contribution in [1.82, 2.24) is 4.57 Å². The number of rotatable bonds is 8. The van der Waals surface area contributed by atoms with Gasteiger partial charge in [0.2, 0.25) is 0 Å². The van der Waals surface area contributed by atoms with Crippen molar-refractivity contribution in [2.75, 3.05) is 0 Å². The molecule has 0 radical (unpaired) electrons. The van der Waals surface area contributed by atoms with Gasteiger partial charge in [-0.2, -0.15) is 0 Å². The summed E-state index contributed by atoms with van der Waals surface area (Å²) in [5, 5.41) is 7.47. The molecule has 1 nitrogen and oxygen atoms in total. The molecule has 0 N–H and O–H groups in total. The Balaban J connectivity index is 0.935. The van der Waals surface area contributed by atoms with Crippen molar-refractivity contribution in [2.45, 2.75) is 13.8 Å². The van der Waals surface area contributed by atoms with E-state index in [9.17, 15) is 0 Å². The lowest BCUT2D eigenvalue weighted by Crippen LogP contribution is -1.93. The van der Waals surface area contributed by atoms with Gasteiger partial charge in [-0.05, 0) is 156 Å².